The van der Waals surface area contributed by atoms with Crippen molar-refractivity contribution in [2.45, 2.75) is 13.8 Å². The number of hydrogen-bond acceptors (Lipinski definition) is 4. The van der Waals surface area contributed by atoms with Gasteiger partial charge in [-0.3, -0.25) is 14.5 Å². The number of carbonyl (C=O) groups excluding carboxylic acids is 1. The predicted octanol–water partition coefficient (Wildman–Crippen LogP) is 1.27. The third-order valence-corrected chi connectivity index (χ3v) is 2.60. The summed E-state index contributed by atoms with van der Waals surface area (Å²) < 4.78 is 1.61. The molecule has 0 atom stereocenters. The van der Waals surface area contributed by atoms with Crippen molar-refractivity contribution in [1.82, 2.24) is 14.8 Å². The molecule has 0 saturated heterocycles. The van der Waals surface area contributed by atoms with Gasteiger partial charge in [0.25, 0.3) is 5.91 Å². The monoisotopic (exact) mass is 245 g/mol. The molecule has 2 aromatic rings. The number of amides is 1. The molecule has 2 rings (SSSR count). The molecule has 0 radical (unpaired) electrons. The lowest BCUT2D eigenvalue weighted by Gasteiger charge is -2.07. The van der Waals surface area contributed by atoms with Gasteiger partial charge in [0.1, 0.15) is 5.82 Å². The highest BCUT2D eigenvalue weighted by molar-refractivity contribution is 6.05. The Bertz CT molecular complexity index is 603. The quantitative estimate of drug-likeness (QED) is 0.834. The molecule has 1 amide bonds. The van der Waals surface area contributed by atoms with Crippen LogP contribution >= 0.6 is 0 Å². The maximum Gasteiger partial charge on any atom is 0.258 e. The summed E-state index contributed by atoms with van der Waals surface area (Å²) in [7, 11) is 1.77. The minimum atomic E-state index is -0.240. The highest BCUT2D eigenvalue weighted by atomic mass is 16.1. The lowest BCUT2D eigenvalue weighted by atomic mass is 10.2. The van der Waals surface area contributed by atoms with Crippen LogP contribution in [0.2, 0.25) is 0 Å². The first-order valence-corrected chi connectivity index (χ1v) is 5.51. The van der Waals surface area contributed by atoms with Crippen LogP contribution in [-0.4, -0.2) is 20.7 Å². The number of anilines is 2. The molecular weight excluding hydrogens is 230 g/mol. The largest absolute Gasteiger partial charge is 0.397 e. The van der Waals surface area contributed by atoms with Gasteiger partial charge in [-0.25, -0.2) is 0 Å². The van der Waals surface area contributed by atoms with Crippen LogP contribution in [0.25, 0.3) is 0 Å². The van der Waals surface area contributed by atoms with E-state index in [1.807, 2.05) is 6.92 Å². The zero-order chi connectivity index (χ0) is 13.3. The SMILES string of the molecule is Cc1cc(NC(=O)c2cc(N)cnc2C)n(C)n1. The predicted molar refractivity (Wildman–Crippen MR) is 69.3 cm³/mol. The molecule has 0 aliphatic rings. The number of carbonyl (C=O) groups is 1. The lowest BCUT2D eigenvalue weighted by molar-refractivity contribution is 0.102. The molecule has 6 nitrogen and oxygen atoms in total. The van der Waals surface area contributed by atoms with E-state index < -0.39 is 0 Å². The molecule has 0 unspecified atom stereocenters. The van der Waals surface area contributed by atoms with Gasteiger partial charge in [0.05, 0.1) is 28.8 Å². The molecule has 0 aromatic carbocycles. The van der Waals surface area contributed by atoms with Crippen LogP contribution in [0.5, 0.6) is 0 Å². The van der Waals surface area contributed by atoms with E-state index in [2.05, 4.69) is 15.4 Å². The van der Waals surface area contributed by atoms with Crippen molar-refractivity contribution < 1.29 is 4.79 Å². The molecule has 6 heteroatoms. The number of pyridine rings is 1. The van der Waals surface area contributed by atoms with Crippen molar-refractivity contribution in [2.24, 2.45) is 7.05 Å². The minimum Gasteiger partial charge on any atom is -0.397 e. The third-order valence-electron chi connectivity index (χ3n) is 2.60. The first kappa shape index (κ1) is 12.1. The maximum atomic E-state index is 12.1. The summed E-state index contributed by atoms with van der Waals surface area (Å²) in [5.74, 6) is 0.398. The number of aromatic nitrogens is 3. The van der Waals surface area contributed by atoms with Crippen molar-refractivity contribution in [3.63, 3.8) is 0 Å². The van der Waals surface area contributed by atoms with Crippen molar-refractivity contribution in [3.8, 4) is 0 Å². The first-order chi connectivity index (χ1) is 8.47. The van der Waals surface area contributed by atoms with Crippen molar-refractivity contribution in [2.75, 3.05) is 11.1 Å². The smallest absolute Gasteiger partial charge is 0.258 e. The summed E-state index contributed by atoms with van der Waals surface area (Å²) in [6, 6.07) is 3.41. The van der Waals surface area contributed by atoms with Crippen LogP contribution in [-0.2, 0) is 7.05 Å². The van der Waals surface area contributed by atoms with Crippen LogP contribution in [0.4, 0.5) is 11.5 Å². The molecule has 0 fully saturated rings. The summed E-state index contributed by atoms with van der Waals surface area (Å²) in [5.41, 5.74) is 8.05. The minimum absolute atomic E-state index is 0.240. The van der Waals surface area contributed by atoms with E-state index >= 15 is 0 Å². The molecule has 94 valence electrons. The number of nitrogens with one attached hydrogen (secondary N) is 1. The number of rotatable bonds is 2. The molecule has 0 saturated carbocycles. The fourth-order valence-electron chi connectivity index (χ4n) is 1.69. The third kappa shape index (κ3) is 2.32. The summed E-state index contributed by atoms with van der Waals surface area (Å²) in [5, 5.41) is 6.94. The van der Waals surface area contributed by atoms with E-state index in [-0.39, 0.29) is 5.91 Å². The molecule has 0 aliphatic heterocycles. The molecule has 0 bridgehead atoms. The van der Waals surface area contributed by atoms with E-state index in [0.29, 0.717) is 22.8 Å². The second kappa shape index (κ2) is 4.48. The Morgan fingerprint density at radius 3 is 2.72 bits per heavy atom. The summed E-state index contributed by atoms with van der Waals surface area (Å²) >= 11 is 0. The average molecular weight is 245 g/mol. The Morgan fingerprint density at radius 2 is 2.11 bits per heavy atom. The topological polar surface area (TPSA) is 85.8 Å². The number of nitrogens with zero attached hydrogens (tertiary/aromatic N) is 3. The molecule has 3 N–H and O–H groups in total. The fraction of sp³-hybridized carbons (Fsp3) is 0.250. The van der Waals surface area contributed by atoms with E-state index in [1.54, 1.807) is 30.8 Å². The average Bonchev–Trinajstić information content (AvgIpc) is 2.61. The Kier molecular flexibility index (Phi) is 3.01. The van der Waals surface area contributed by atoms with Crippen LogP contribution < -0.4 is 11.1 Å². The van der Waals surface area contributed by atoms with Gasteiger partial charge in [-0.1, -0.05) is 0 Å². The fourth-order valence-corrected chi connectivity index (χ4v) is 1.69. The number of hydrogen-bond donors (Lipinski definition) is 2. The highest BCUT2D eigenvalue weighted by Gasteiger charge is 2.12. The summed E-state index contributed by atoms with van der Waals surface area (Å²) in [4.78, 5) is 16.2. The van der Waals surface area contributed by atoms with Crippen LogP contribution in [0.15, 0.2) is 18.3 Å². The first-order valence-electron chi connectivity index (χ1n) is 5.51. The zero-order valence-corrected chi connectivity index (χ0v) is 10.6. The Labute approximate surface area is 105 Å². The normalized spacial score (nSPS) is 10.4. The van der Waals surface area contributed by atoms with E-state index in [4.69, 9.17) is 5.73 Å². The van der Waals surface area contributed by atoms with Crippen molar-refractivity contribution in [3.05, 3.63) is 35.3 Å². The van der Waals surface area contributed by atoms with Gasteiger partial charge in [-0.2, -0.15) is 5.10 Å². The Balaban J connectivity index is 2.27. The van der Waals surface area contributed by atoms with Gasteiger partial charge in [0.2, 0.25) is 0 Å². The van der Waals surface area contributed by atoms with Crippen LogP contribution in [0.3, 0.4) is 0 Å². The maximum absolute atomic E-state index is 12.1. The van der Waals surface area contributed by atoms with E-state index in [9.17, 15) is 4.79 Å². The summed E-state index contributed by atoms with van der Waals surface area (Å²) in [6.45, 7) is 3.63. The van der Waals surface area contributed by atoms with Gasteiger partial charge >= 0.3 is 0 Å². The molecule has 2 heterocycles. The Hall–Kier alpha value is -2.37. The molecule has 0 spiro atoms. The number of nitrogens with two attached hydrogens (primary N) is 1. The van der Waals surface area contributed by atoms with Gasteiger partial charge in [0, 0.05) is 13.1 Å². The van der Waals surface area contributed by atoms with Gasteiger partial charge < -0.3 is 11.1 Å². The second-order valence-corrected chi connectivity index (χ2v) is 4.15. The standard InChI is InChI=1S/C12H15N5O/c1-7-4-11(17(3)16-7)15-12(18)10-5-9(13)6-14-8(10)2/h4-6H,13H2,1-3H3,(H,15,18). The molecular formula is C12H15N5O. The molecule has 18 heavy (non-hydrogen) atoms. The number of aryl methyl sites for hydroxylation is 3. The Morgan fingerprint density at radius 1 is 1.39 bits per heavy atom. The van der Waals surface area contributed by atoms with Crippen molar-refractivity contribution >= 4 is 17.4 Å². The summed E-state index contributed by atoms with van der Waals surface area (Å²) in [6.07, 6.45) is 1.53. The molecule has 0 aliphatic carbocycles. The van der Waals surface area contributed by atoms with E-state index in [1.165, 1.54) is 6.20 Å². The lowest BCUT2D eigenvalue weighted by Crippen LogP contribution is -2.16. The zero-order valence-electron chi connectivity index (χ0n) is 10.6. The van der Waals surface area contributed by atoms with Gasteiger partial charge in [-0.15, -0.1) is 0 Å². The van der Waals surface area contributed by atoms with Crippen LogP contribution in [0.1, 0.15) is 21.7 Å². The molecule has 2 aromatic heterocycles. The second-order valence-electron chi connectivity index (χ2n) is 4.15. The van der Waals surface area contributed by atoms with Crippen LogP contribution in [0, 0.1) is 13.8 Å². The van der Waals surface area contributed by atoms with E-state index in [0.717, 1.165) is 5.69 Å². The number of nitrogen functional groups attached to an aromatic ring is 1. The van der Waals surface area contributed by atoms with Gasteiger partial charge in [-0.05, 0) is 19.9 Å². The van der Waals surface area contributed by atoms with Gasteiger partial charge in [0.15, 0.2) is 0 Å². The van der Waals surface area contributed by atoms with Crippen molar-refractivity contribution in [1.29, 1.82) is 0 Å². The highest BCUT2D eigenvalue weighted by Crippen LogP contribution is 2.13.